The standard InChI is InChI=1S/C16H13N3S/c1-12-9-13(10-17)4-5-14(12)11-19-7-6-18-16(19)15-3-2-8-20-15/h2-9H,11H2,1H3. The molecule has 1 aromatic carbocycles. The largest absolute Gasteiger partial charge is 0.326 e. The number of hydrogen-bond acceptors (Lipinski definition) is 3. The van der Waals surface area contributed by atoms with Gasteiger partial charge < -0.3 is 4.57 Å². The van der Waals surface area contributed by atoms with Gasteiger partial charge in [-0.05, 0) is 41.6 Å². The summed E-state index contributed by atoms with van der Waals surface area (Å²) in [4.78, 5) is 5.61. The molecule has 3 aromatic rings. The van der Waals surface area contributed by atoms with Crippen molar-refractivity contribution >= 4 is 11.3 Å². The van der Waals surface area contributed by atoms with Gasteiger partial charge in [0.25, 0.3) is 0 Å². The molecule has 2 aromatic heterocycles. The molecule has 2 heterocycles. The highest BCUT2D eigenvalue weighted by Crippen LogP contribution is 2.24. The molecular weight excluding hydrogens is 266 g/mol. The number of imidazole rings is 1. The fourth-order valence-electron chi connectivity index (χ4n) is 2.19. The lowest BCUT2D eigenvalue weighted by molar-refractivity contribution is 0.803. The van der Waals surface area contributed by atoms with Crippen LogP contribution in [0.15, 0.2) is 48.1 Å². The van der Waals surface area contributed by atoms with E-state index in [9.17, 15) is 0 Å². The number of benzene rings is 1. The van der Waals surface area contributed by atoms with Gasteiger partial charge >= 0.3 is 0 Å². The topological polar surface area (TPSA) is 41.6 Å². The predicted octanol–water partition coefficient (Wildman–Crippen LogP) is 3.84. The molecule has 0 spiro atoms. The number of nitriles is 1. The van der Waals surface area contributed by atoms with Crippen molar-refractivity contribution < 1.29 is 0 Å². The summed E-state index contributed by atoms with van der Waals surface area (Å²) in [6.07, 6.45) is 3.82. The molecule has 0 bridgehead atoms. The fraction of sp³-hybridized carbons (Fsp3) is 0.125. The van der Waals surface area contributed by atoms with E-state index in [1.54, 1.807) is 11.3 Å². The van der Waals surface area contributed by atoms with E-state index in [0.29, 0.717) is 5.56 Å². The summed E-state index contributed by atoms with van der Waals surface area (Å²) in [5, 5.41) is 11.0. The highest BCUT2D eigenvalue weighted by atomic mass is 32.1. The number of thiophene rings is 1. The van der Waals surface area contributed by atoms with Crippen molar-refractivity contribution in [3.63, 3.8) is 0 Å². The van der Waals surface area contributed by atoms with Gasteiger partial charge in [0.1, 0.15) is 5.82 Å². The number of rotatable bonds is 3. The molecule has 98 valence electrons. The Morgan fingerprint density at radius 1 is 1.35 bits per heavy atom. The van der Waals surface area contributed by atoms with Crippen LogP contribution in [0, 0.1) is 18.3 Å². The van der Waals surface area contributed by atoms with Gasteiger partial charge in [0.2, 0.25) is 0 Å². The van der Waals surface area contributed by atoms with Crippen molar-refractivity contribution in [2.75, 3.05) is 0 Å². The van der Waals surface area contributed by atoms with Gasteiger partial charge in [-0.15, -0.1) is 11.3 Å². The van der Waals surface area contributed by atoms with Gasteiger partial charge in [0.05, 0.1) is 16.5 Å². The van der Waals surface area contributed by atoms with Crippen molar-refractivity contribution in [3.05, 3.63) is 64.8 Å². The smallest absolute Gasteiger partial charge is 0.150 e. The number of aromatic nitrogens is 2. The van der Waals surface area contributed by atoms with Crippen LogP contribution in [-0.2, 0) is 6.54 Å². The first-order valence-electron chi connectivity index (χ1n) is 6.32. The van der Waals surface area contributed by atoms with Gasteiger partial charge in [-0.3, -0.25) is 0 Å². The molecule has 0 unspecified atom stereocenters. The zero-order valence-electron chi connectivity index (χ0n) is 11.1. The number of aryl methyl sites for hydroxylation is 1. The molecule has 0 fully saturated rings. The van der Waals surface area contributed by atoms with Crippen LogP contribution < -0.4 is 0 Å². The lowest BCUT2D eigenvalue weighted by atomic mass is 10.1. The van der Waals surface area contributed by atoms with Crippen molar-refractivity contribution in [2.24, 2.45) is 0 Å². The van der Waals surface area contributed by atoms with Gasteiger partial charge in [-0.25, -0.2) is 4.98 Å². The Bertz CT molecular complexity index is 763. The van der Waals surface area contributed by atoms with E-state index in [1.165, 1.54) is 10.4 Å². The van der Waals surface area contributed by atoms with E-state index in [2.05, 4.69) is 27.1 Å². The third-order valence-corrected chi connectivity index (χ3v) is 4.14. The van der Waals surface area contributed by atoms with Crippen LogP contribution in [0.5, 0.6) is 0 Å². The zero-order chi connectivity index (χ0) is 13.9. The highest BCUT2D eigenvalue weighted by Gasteiger charge is 2.08. The zero-order valence-corrected chi connectivity index (χ0v) is 11.9. The molecular formula is C16H13N3S. The van der Waals surface area contributed by atoms with Crippen LogP contribution in [0.4, 0.5) is 0 Å². The van der Waals surface area contributed by atoms with Crippen LogP contribution in [-0.4, -0.2) is 9.55 Å². The molecule has 0 aliphatic heterocycles. The van der Waals surface area contributed by atoms with Gasteiger partial charge in [-0.1, -0.05) is 12.1 Å². The highest BCUT2D eigenvalue weighted by molar-refractivity contribution is 7.13. The average Bonchev–Trinajstić information content (AvgIpc) is 3.11. The average molecular weight is 279 g/mol. The molecule has 0 aliphatic carbocycles. The lowest BCUT2D eigenvalue weighted by Crippen LogP contribution is -2.02. The van der Waals surface area contributed by atoms with Crippen LogP contribution >= 0.6 is 11.3 Å². The van der Waals surface area contributed by atoms with Gasteiger partial charge in [0, 0.05) is 18.9 Å². The maximum atomic E-state index is 8.91. The summed E-state index contributed by atoms with van der Waals surface area (Å²) < 4.78 is 2.14. The Morgan fingerprint density at radius 3 is 2.95 bits per heavy atom. The van der Waals surface area contributed by atoms with Crippen LogP contribution in [0.2, 0.25) is 0 Å². The molecule has 0 saturated heterocycles. The minimum Gasteiger partial charge on any atom is -0.326 e. The van der Waals surface area contributed by atoms with Crippen LogP contribution in [0.1, 0.15) is 16.7 Å². The Kier molecular flexibility index (Phi) is 3.36. The van der Waals surface area contributed by atoms with Gasteiger partial charge in [-0.2, -0.15) is 5.26 Å². The summed E-state index contributed by atoms with van der Waals surface area (Å²) in [6.45, 7) is 2.81. The summed E-state index contributed by atoms with van der Waals surface area (Å²) in [6, 6.07) is 12.1. The first kappa shape index (κ1) is 12.6. The molecule has 0 atom stereocenters. The molecule has 0 radical (unpaired) electrons. The summed E-state index contributed by atoms with van der Waals surface area (Å²) in [7, 11) is 0. The Labute approximate surface area is 121 Å². The number of nitrogens with zero attached hydrogens (tertiary/aromatic N) is 3. The minimum atomic E-state index is 0.704. The van der Waals surface area contributed by atoms with Crippen molar-refractivity contribution in [2.45, 2.75) is 13.5 Å². The molecule has 0 saturated carbocycles. The van der Waals surface area contributed by atoms with E-state index >= 15 is 0 Å². The normalized spacial score (nSPS) is 10.4. The van der Waals surface area contributed by atoms with Crippen LogP contribution in [0.3, 0.4) is 0 Å². The number of hydrogen-bond donors (Lipinski definition) is 0. The Balaban J connectivity index is 1.93. The van der Waals surface area contributed by atoms with E-state index in [1.807, 2.05) is 43.6 Å². The molecule has 3 nitrogen and oxygen atoms in total. The summed E-state index contributed by atoms with van der Waals surface area (Å²) >= 11 is 1.69. The molecule has 3 rings (SSSR count). The second kappa shape index (κ2) is 5.32. The summed E-state index contributed by atoms with van der Waals surface area (Å²) in [5.41, 5.74) is 3.05. The Hall–Kier alpha value is -2.38. The molecule has 0 amide bonds. The third kappa shape index (κ3) is 2.36. The second-order valence-electron chi connectivity index (χ2n) is 4.61. The van der Waals surface area contributed by atoms with E-state index in [4.69, 9.17) is 5.26 Å². The Morgan fingerprint density at radius 2 is 2.25 bits per heavy atom. The minimum absolute atomic E-state index is 0.704. The maximum Gasteiger partial charge on any atom is 0.150 e. The second-order valence-corrected chi connectivity index (χ2v) is 5.56. The van der Waals surface area contributed by atoms with Crippen molar-refractivity contribution in [1.82, 2.24) is 9.55 Å². The molecule has 4 heteroatoms. The predicted molar refractivity (Wildman–Crippen MR) is 80.5 cm³/mol. The first-order chi connectivity index (χ1) is 9.78. The van der Waals surface area contributed by atoms with E-state index in [-0.39, 0.29) is 0 Å². The molecule has 0 N–H and O–H groups in total. The molecule has 0 aliphatic rings. The SMILES string of the molecule is Cc1cc(C#N)ccc1Cn1ccnc1-c1cccs1. The van der Waals surface area contributed by atoms with Crippen molar-refractivity contribution in [1.29, 1.82) is 5.26 Å². The van der Waals surface area contributed by atoms with Crippen LogP contribution in [0.25, 0.3) is 10.7 Å². The first-order valence-corrected chi connectivity index (χ1v) is 7.20. The maximum absolute atomic E-state index is 8.91. The van der Waals surface area contributed by atoms with Crippen molar-refractivity contribution in [3.8, 4) is 16.8 Å². The molecule has 20 heavy (non-hydrogen) atoms. The monoisotopic (exact) mass is 279 g/mol. The third-order valence-electron chi connectivity index (χ3n) is 3.27. The van der Waals surface area contributed by atoms with E-state index < -0.39 is 0 Å². The quantitative estimate of drug-likeness (QED) is 0.731. The lowest BCUT2D eigenvalue weighted by Gasteiger charge is -2.09. The van der Waals surface area contributed by atoms with E-state index in [0.717, 1.165) is 17.9 Å². The summed E-state index contributed by atoms with van der Waals surface area (Å²) in [5.74, 6) is 0.990. The van der Waals surface area contributed by atoms with Gasteiger partial charge in [0.15, 0.2) is 0 Å². The fourth-order valence-corrected chi connectivity index (χ4v) is 2.93.